The molecule has 22 heavy (non-hydrogen) atoms. The van der Waals surface area contributed by atoms with E-state index in [0.29, 0.717) is 22.0 Å². The number of halogens is 2. The second kappa shape index (κ2) is 5.95. The molecule has 0 unspecified atom stereocenters. The van der Waals surface area contributed by atoms with Crippen LogP contribution in [0.3, 0.4) is 0 Å². The molecule has 0 radical (unpaired) electrons. The predicted octanol–water partition coefficient (Wildman–Crippen LogP) is 3.52. The Morgan fingerprint density at radius 2 is 1.77 bits per heavy atom. The maximum absolute atomic E-state index is 12.9. The maximum atomic E-state index is 12.9. The number of nitrogens with one attached hydrogen (secondary N) is 2. The first-order chi connectivity index (χ1) is 10.6. The first-order valence-corrected chi connectivity index (χ1v) is 6.75. The van der Waals surface area contributed by atoms with E-state index >= 15 is 0 Å². The van der Waals surface area contributed by atoms with Crippen molar-refractivity contribution in [1.82, 2.24) is 15.2 Å². The summed E-state index contributed by atoms with van der Waals surface area (Å²) in [7, 11) is 0. The Morgan fingerprint density at radius 1 is 1.09 bits per heavy atom. The zero-order valence-corrected chi connectivity index (χ0v) is 11.9. The average molecular weight is 317 g/mol. The normalized spacial score (nSPS) is 10.5. The van der Waals surface area contributed by atoms with E-state index in [1.165, 1.54) is 12.1 Å². The van der Waals surface area contributed by atoms with Gasteiger partial charge in [0.2, 0.25) is 5.95 Å². The van der Waals surface area contributed by atoms with E-state index in [-0.39, 0.29) is 17.7 Å². The van der Waals surface area contributed by atoms with Crippen LogP contribution >= 0.6 is 11.6 Å². The zero-order valence-electron chi connectivity index (χ0n) is 11.2. The summed E-state index contributed by atoms with van der Waals surface area (Å²) in [5, 5.41) is 9.72. The second-order valence-electron chi connectivity index (χ2n) is 4.48. The number of H-pyrrole nitrogens is 1. The number of hydrogen-bond acceptors (Lipinski definition) is 3. The number of benzene rings is 2. The fourth-order valence-corrected chi connectivity index (χ4v) is 1.96. The van der Waals surface area contributed by atoms with Crippen LogP contribution in [0.1, 0.15) is 10.4 Å². The summed E-state index contributed by atoms with van der Waals surface area (Å²) in [5.41, 5.74) is 1.11. The number of aromatic amines is 1. The molecule has 1 heterocycles. The Morgan fingerprint density at radius 3 is 2.45 bits per heavy atom. The molecule has 0 atom stereocenters. The average Bonchev–Trinajstić information content (AvgIpc) is 2.97. The van der Waals surface area contributed by atoms with Crippen LogP contribution in [0.2, 0.25) is 5.02 Å². The summed E-state index contributed by atoms with van der Waals surface area (Å²) in [6, 6.07) is 12.2. The Kier molecular flexibility index (Phi) is 3.84. The lowest BCUT2D eigenvalue weighted by atomic mass is 10.2. The van der Waals surface area contributed by atoms with Crippen molar-refractivity contribution in [3.05, 3.63) is 64.9 Å². The molecule has 3 rings (SSSR count). The van der Waals surface area contributed by atoms with Crippen LogP contribution in [0.25, 0.3) is 11.4 Å². The lowest BCUT2D eigenvalue weighted by molar-refractivity contribution is 0.102. The Hall–Kier alpha value is -2.73. The quantitative estimate of drug-likeness (QED) is 0.776. The summed E-state index contributed by atoms with van der Waals surface area (Å²) in [6.45, 7) is 0. The molecule has 3 aromatic rings. The van der Waals surface area contributed by atoms with Crippen molar-refractivity contribution < 1.29 is 9.18 Å². The highest BCUT2D eigenvalue weighted by molar-refractivity contribution is 6.30. The molecule has 0 aliphatic heterocycles. The minimum absolute atomic E-state index is 0.138. The van der Waals surface area contributed by atoms with E-state index in [2.05, 4.69) is 20.5 Å². The van der Waals surface area contributed by atoms with Gasteiger partial charge in [-0.15, -0.1) is 5.10 Å². The summed E-state index contributed by atoms with van der Waals surface area (Å²) in [5.74, 6) is -0.105. The van der Waals surface area contributed by atoms with Crippen LogP contribution < -0.4 is 5.32 Å². The molecular formula is C15H10ClFN4O. The fourth-order valence-electron chi connectivity index (χ4n) is 1.83. The van der Waals surface area contributed by atoms with Crippen molar-refractivity contribution in [2.24, 2.45) is 0 Å². The van der Waals surface area contributed by atoms with Gasteiger partial charge in [0.05, 0.1) is 0 Å². The molecule has 7 heteroatoms. The molecule has 0 saturated heterocycles. The van der Waals surface area contributed by atoms with Gasteiger partial charge < -0.3 is 0 Å². The van der Waals surface area contributed by atoms with Crippen LogP contribution in [0.5, 0.6) is 0 Å². The molecule has 110 valence electrons. The van der Waals surface area contributed by atoms with Crippen molar-refractivity contribution in [3.63, 3.8) is 0 Å². The topological polar surface area (TPSA) is 70.7 Å². The molecular weight excluding hydrogens is 307 g/mol. The molecule has 2 aromatic carbocycles. The van der Waals surface area contributed by atoms with Gasteiger partial charge in [-0.2, -0.15) is 4.98 Å². The second-order valence-corrected chi connectivity index (χ2v) is 4.91. The summed E-state index contributed by atoms with van der Waals surface area (Å²) in [4.78, 5) is 16.2. The number of carbonyl (C=O) groups excluding carboxylic acids is 1. The number of nitrogens with zero attached hydrogens (tertiary/aromatic N) is 2. The highest BCUT2D eigenvalue weighted by Gasteiger charge is 2.10. The van der Waals surface area contributed by atoms with E-state index in [4.69, 9.17) is 11.6 Å². The number of aromatic nitrogens is 3. The van der Waals surface area contributed by atoms with Crippen molar-refractivity contribution in [3.8, 4) is 11.4 Å². The van der Waals surface area contributed by atoms with Crippen LogP contribution in [0, 0.1) is 5.82 Å². The first kappa shape index (κ1) is 14.2. The molecule has 2 N–H and O–H groups in total. The highest BCUT2D eigenvalue weighted by atomic mass is 35.5. The fraction of sp³-hybridized carbons (Fsp3) is 0. The van der Waals surface area contributed by atoms with Gasteiger partial charge in [0.25, 0.3) is 5.91 Å². The molecule has 0 fully saturated rings. The SMILES string of the molecule is O=C(Nc1n[nH]c(-c2ccc(F)cc2)n1)c1ccc(Cl)cc1. The van der Waals surface area contributed by atoms with Crippen LogP contribution in [0.4, 0.5) is 10.3 Å². The Bertz CT molecular complexity index is 799. The van der Waals surface area contributed by atoms with E-state index in [0.717, 1.165) is 0 Å². The van der Waals surface area contributed by atoms with Crippen molar-refractivity contribution in [2.75, 3.05) is 5.32 Å². The van der Waals surface area contributed by atoms with Crippen molar-refractivity contribution >= 4 is 23.5 Å². The number of amides is 1. The molecule has 0 saturated carbocycles. The van der Waals surface area contributed by atoms with Gasteiger partial charge in [0.15, 0.2) is 5.82 Å². The molecule has 0 bridgehead atoms. The molecule has 0 spiro atoms. The number of anilines is 1. The smallest absolute Gasteiger partial charge is 0.258 e. The third kappa shape index (κ3) is 3.12. The molecule has 0 aliphatic rings. The largest absolute Gasteiger partial charge is 0.289 e. The number of hydrogen-bond donors (Lipinski definition) is 2. The van der Waals surface area contributed by atoms with Crippen LogP contribution in [-0.4, -0.2) is 21.1 Å². The van der Waals surface area contributed by atoms with E-state index in [1.807, 2.05) is 0 Å². The summed E-state index contributed by atoms with van der Waals surface area (Å²) in [6.07, 6.45) is 0. The van der Waals surface area contributed by atoms with Gasteiger partial charge in [-0.1, -0.05) is 11.6 Å². The number of carbonyl (C=O) groups is 1. The van der Waals surface area contributed by atoms with Gasteiger partial charge in [0, 0.05) is 16.1 Å². The standard InChI is InChI=1S/C15H10ClFN4O/c16-11-5-1-10(2-6-11)14(22)19-15-18-13(20-21-15)9-3-7-12(17)8-4-9/h1-8H,(H2,18,19,20,21,22). The minimum atomic E-state index is -0.346. The molecule has 1 amide bonds. The van der Waals surface area contributed by atoms with Gasteiger partial charge in [-0.3, -0.25) is 15.2 Å². The first-order valence-electron chi connectivity index (χ1n) is 6.37. The number of rotatable bonds is 3. The van der Waals surface area contributed by atoms with Crippen molar-refractivity contribution in [1.29, 1.82) is 0 Å². The molecule has 1 aromatic heterocycles. The molecule has 0 aliphatic carbocycles. The third-order valence-corrected chi connectivity index (χ3v) is 3.19. The van der Waals surface area contributed by atoms with E-state index in [9.17, 15) is 9.18 Å². The van der Waals surface area contributed by atoms with Gasteiger partial charge in [-0.25, -0.2) is 4.39 Å². The predicted molar refractivity (Wildman–Crippen MR) is 81.2 cm³/mol. The summed E-state index contributed by atoms with van der Waals surface area (Å²) < 4.78 is 12.9. The minimum Gasteiger partial charge on any atom is -0.289 e. The van der Waals surface area contributed by atoms with E-state index in [1.54, 1.807) is 36.4 Å². The van der Waals surface area contributed by atoms with Crippen molar-refractivity contribution in [2.45, 2.75) is 0 Å². The Labute approximate surface area is 130 Å². The lowest BCUT2D eigenvalue weighted by Crippen LogP contribution is -2.12. The van der Waals surface area contributed by atoms with Gasteiger partial charge >= 0.3 is 0 Å². The van der Waals surface area contributed by atoms with E-state index < -0.39 is 0 Å². The van der Waals surface area contributed by atoms with Gasteiger partial charge in [-0.05, 0) is 48.5 Å². The lowest BCUT2D eigenvalue weighted by Gasteiger charge is -2.00. The van der Waals surface area contributed by atoms with Crippen LogP contribution in [-0.2, 0) is 0 Å². The monoisotopic (exact) mass is 316 g/mol. The van der Waals surface area contributed by atoms with Crippen LogP contribution in [0.15, 0.2) is 48.5 Å². The highest BCUT2D eigenvalue weighted by Crippen LogP contribution is 2.17. The van der Waals surface area contributed by atoms with Gasteiger partial charge in [0.1, 0.15) is 5.82 Å². The Balaban J connectivity index is 1.75. The zero-order chi connectivity index (χ0) is 15.5. The third-order valence-electron chi connectivity index (χ3n) is 2.93. The maximum Gasteiger partial charge on any atom is 0.258 e. The summed E-state index contributed by atoms with van der Waals surface area (Å²) >= 11 is 5.77. The molecule has 5 nitrogen and oxygen atoms in total.